The maximum absolute atomic E-state index is 12.5. The summed E-state index contributed by atoms with van der Waals surface area (Å²) in [4.78, 5) is 22.1. The highest BCUT2D eigenvalue weighted by Gasteiger charge is 2.47. The summed E-state index contributed by atoms with van der Waals surface area (Å²) in [6.07, 6.45) is 7.45. The van der Waals surface area contributed by atoms with Crippen LogP contribution in [-0.2, 0) is 4.74 Å². The Morgan fingerprint density at radius 1 is 1.00 bits per heavy atom. The van der Waals surface area contributed by atoms with Gasteiger partial charge in [0.2, 0.25) is 0 Å². The molecule has 1 saturated carbocycles. The molecule has 1 spiro atoms. The number of amides is 1. The topological polar surface area (TPSA) is 39.3 Å². The zero-order valence-electron chi connectivity index (χ0n) is 17.4. The van der Waals surface area contributed by atoms with Crippen molar-refractivity contribution in [1.82, 2.24) is 19.6 Å². The largest absolute Gasteiger partial charge is 0.441 e. The van der Waals surface area contributed by atoms with Crippen molar-refractivity contribution >= 4 is 6.09 Å². The number of carbonyl (C=O) groups is 1. The number of piperidine rings is 1. The van der Waals surface area contributed by atoms with Crippen molar-refractivity contribution in [3.8, 4) is 0 Å². The molecule has 0 aromatic heterocycles. The Morgan fingerprint density at radius 2 is 1.67 bits per heavy atom. The molecule has 27 heavy (non-hydrogen) atoms. The molecule has 0 atom stereocenters. The lowest BCUT2D eigenvalue weighted by molar-refractivity contribution is -0.00943. The molecule has 4 fully saturated rings. The summed E-state index contributed by atoms with van der Waals surface area (Å²) in [7, 11) is 0. The molecule has 6 nitrogen and oxygen atoms in total. The van der Waals surface area contributed by atoms with Crippen LogP contribution in [0.4, 0.5) is 4.79 Å². The lowest BCUT2D eigenvalue weighted by atomic mass is 9.90. The standard InChI is InChI=1S/C21H38N4O2/c1-18(2)23-14-11-22(12-15-23)13-16-25-17-21(27-20(25)26)7-9-24(10-8-21)19-5-3-4-6-19/h18-19H,3-17H2,1-2H3. The summed E-state index contributed by atoms with van der Waals surface area (Å²) in [5.74, 6) is 0. The van der Waals surface area contributed by atoms with Crippen LogP contribution in [0, 0.1) is 0 Å². The van der Waals surface area contributed by atoms with Crippen molar-refractivity contribution in [2.45, 2.75) is 70.1 Å². The highest BCUT2D eigenvalue weighted by Crippen LogP contribution is 2.35. The van der Waals surface area contributed by atoms with Crippen LogP contribution in [0.2, 0.25) is 0 Å². The molecule has 0 unspecified atom stereocenters. The normalized spacial score (nSPS) is 28.6. The summed E-state index contributed by atoms with van der Waals surface area (Å²) in [5.41, 5.74) is -0.206. The van der Waals surface area contributed by atoms with Gasteiger partial charge in [-0.3, -0.25) is 9.80 Å². The zero-order valence-corrected chi connectivity index (χ0v) is 17.4. The van der Waals surface area contributed by atoms with E-state index in [9.17, 15) is 4.79 Å². The molecule has 0 aromatic rings. The van der Waals surface area contributed by atoms with Gasteiger partial charge in [-0.25, -0.2) is 4.79 Å². The van der Waals surface area contributed by atoms with Crippen molar-refractivity contribution in [1.29, 1.82) is 0 Å². The third kappa shape index (κ3) is 4.43. The third-order valence-electron chi connectivity index (χ3n) is 7.41. The second-order valence-corrected chi connectivity index (χ2v) is 9.42. The minimum atomic E-state index is -0.206. The highest BCUT2D eigenvalue weighted by atomic mass is 16.6. The number of rotatable bonds is 5. The van der Waals surface area contributed by atoms with Crippen LogP contribution < -0.4 is 0 Å². The van der Waals surface area contributed by atoms with Gasteiger partial charge in [0.1, 0.15) is 5.60 Å². The van der Waals surface area contributed by atoms with Gasteiger partial charge in [-0.05, 0) is 26.7 Å². The molecular formula is C21H38N4O2. The van der Waals surface area contributed by atoms with Crippen molar-refractivity contribution in [3.05, 3.63) is 0 Å². The van der Waals surface area contributed by atoms with Crippen LogP contribution in [0.5, 0.6) is 0 Å². The average Bonchev–Trinajstić information content (AvgIpc) is 3.30. The third-order valence-corrected chi connectivity index (χ3v) is 7.41. The van der Waals surface area contributed by atoms with Crippen molar-refractivity contribution < 1.29 is 9.53 Å². The number of nitrogens with zero attached hydrogens (tertiary/aromatic N) is 4. The lowest BCUT2D eigenvalue weighted by Crippen LogP contribution is -2.51. The van der Waals surface area contributed by atoms with E-state index in [1.165, 1.54) is 25.7 Å². The van der Waals surface area contributed by atoms with Gasteiger partial charge in [-0.2, -0.15) is 0 Å². The summed E-state index contributed by atoms with van der Waals surface area (Å²) in [6.45, 7) is 13.8. The molecule has 0 radical (unpaired) electrons. The Hall–Kier alpha value is -0.850. The van der Waals surface area contributed by atoms with Gasteiger partial charge in [-0.15, -0.1) is 0 Å². The van der Waals surface area contributed by atoms with Gasteiger partial charge >= 0.3 is 6.09 Å². The fraction of sp³-hybridized carbons (Fsp3) is 0.952. The zero-order chi connectivity index (χ0) is 18.9. The second kappa shape index (κ2) is 8.26. The van der Waals surface area contributed by atoms with E-state index in [2.05, 4.69) is 28.5 Å². The molecule has 0 aromatic carbocycles. The lowest BCUT2D eigenvalue weighted by Gasteiger charge is -2.40. The first-order chi connectivity index (χ1) is 13.0. The van der Waals surface area contributed by atoms with Crippen LogP contribution in [0.3, 0.4) is 0 Å². The molecule has 6 heteroatoms. The second-order valence-electron chi connectivity index (χ2n) is 9.42. The van der Waals surface area contributed by atoms with Crippen LogP contribution in [-0.4, -0.2) is 102 Å². The summed E-state index contributed by atoms with van der Waals surface area (Å²) in [6, 6.07) is 1.43. The van der Waals surface area contributed by atoms with Crippen molar-refractivity contribution in [2.24, 2.45) is 0 Å². The van der Waals surface area contributed by atoms with Gasteiger partial charge in [0.25, 0.3) is 0 Å². The fourth-order valence-electron chi connectivity index (χ4n) is 5.46. The Morgan fingerprint density at radius 3 is 2.30 bits per heavy atom. The van der Waals surface area contributed by atoms with E-state index in [-0.39, 0.29) is 11.7 Å². The van der Waals surface area contributed by atoms with Crippen LogP contribution in [0.15, 0.2) is 0 Å². The molecule has 1 amide bonds. The first-order valence-corrected chi connectivity index (χ1v) is 11.2. The van der Waals surface area contributed by atoms with Gasteiger partial charge < -0.3 is 14.5 Å². The smallest absolute Gasteiger partial charge is 0.410 e. The van der Waals surface area contributed by atoms with Crippen LogP contribution in [0.25, 0.3) is 0 Å². The van der Waals surface area contributed by atoms with Gasteiger partial charge in [-0.1, -0.05) is 12.8 Å². The Labute approximate surface area is 164 Å². The Balaban J connectivity index is 1.21. The monoisotopic (exact) mass is 378 g/mol. The number of carbonyl (C=O) groups excluding carboxylic acids is 1. The van der Waals surface area contributed by atoms with E-state index in [0.717, 1.165) is 77.8 Å². The molecule has 1 aliphatic carbocycles. The van der Waals surface area contributed by atoms with Gasteiger partial charge in [0.15, 0.2) is 0 Å². The molecule has 0 bridgehead atoms. The molecule has 154 valence electrons. The number of hydrogen-bond acceptors (Lipinski definition) is 5. The van der Waals surface area contributed by atoms with E-state index in [1.807, 2.05) is 4.90 Å². The quantitative estimate of drug-likeness (QED) is 0.734. The average molecular weight is 379 g/mol. The molecular weight excluding hydrogens is 340 g/mol. The van der Waals surface area contributed by atoms with Gasteiger partial charge in [0.05, 0.1) is 6.54 Å². The molecule has 3 saturated heterocycles. The molecule has 3 aliphatic heterocycles. The molecule has 0 N–H and O–H groups in total. The minimum Gasteiger partial charge on any atom is -0.441 e. The van der Waals surface area contributed by atoms with E-state index in [1.54, 1.807) is 0 Å². The SMILES string of the molecule is CC(C)N1CCN(CCN2CC3(CCN(C4CCCC4)CC3)OC2=O)CC1. The van der Waals surface area contributed by atoms with Crippen LogP contribution >= 0.6 is 0 Å². The predicted molar refractivity (Wildman–Crippen MR) is 107 cm³/mol. The highest BCUT2D eigenvalue weighted by molar-refractivity contribution is 5.70. The first-order valence-electron chi connectivity index (χ1n) is 11.2. The number of hydrogen-bond donors (Lipinski definition) is 0. The van der Waals surface area contributed by atoms with E-state index in [0.29, 0.717) is 6.04 Å². The van der Waals surface area contributed by atoms with E-state index >= 15 is 0 Å². The van der Waals surface area contributed by atoms with E-state index in [4.69, 9.17) is 4.74 Å². The molecule has 3 heterocycles. The number of piperazine rings is 1. The van der Waals surface area contributed by atoms with Crippen molar-refractivity contribution in [3.63, 3.8) is 0 Å². The maximum atomic E-state index is 12.5. The molecule has 4 aliphatic rings. The summed E-state index contributed by atoms with van der Waals surface area (Å²) >= 11 is 0. The summed E-state index contributed by atoms with van der Waals surface area (Å²) < 4.78 is 5.94. The number of likely N-dealkylation sites (tertiary alicyclic amines) is 1. The molecule has 4 rings (SSSR count). The first kappa shape index (κ1) is 19.5. The number of ether oxygens (including phenoxy) is 1. The maximum Gasteiger partial charge on any atom is 0.410 e. The van der Waals surface area contributed by atoms with Crippen molar-refractivity contribution in [2.75, 3.05) is 58.9 Å². The predicted octanol–water partition coefficient (Wildman–Crippen LogP) is 2.24. The minimum absolute atomic E-state index is 0.0786. The fourth-order valence-corrected chi connectivity index (χ4v) is 5.46. The Kier molecular flexibility index (Phi) is 5.95. The summed E-state index contributed by atoms with van der Waals surface area (Å²) in [5, 5.41) is 0. The van der Waals surface area contributed by atoms with E-state index < -0.39 is 0 Å². The van der Waals surface area contributed by atoms with Crippen LogP contribution in [0.1, 0.15) is 52.4 Å². The Bertz CT molecular complexity index is 504. The van der Waals surface area contributed by atoms with Gasteiger partial charge in [0, 0.05) is 77.3 Å².